The van der Waals surface area contributed by atoms with E-state index in [1.54, 1.807) is 6.07 Å². The van der Waals surface area contributed by atoms with Crippen LogP contribution in [0, 0.1) is 0 Å². The minimum Gasteiger partial charge on any atom is -0.389 e. The summed E-state index contributed by atoms with van der Waals surface area (Å²) in [6.07, 6.45) is -0.744. The topological polar surface area (TPSA) is 70.4 Å². The first-order valence-corrected chi connectivity index (χ1v) is 6.88. The summed E-state index contributed by atoms with van der Waals surface area (Å²) < 4.78 is 0.655. The van der Waals surface area contributed by atoms with Gasteiger partial charge in [0.15, 0.2) is 5.12 Å². The maximum absolute atomic E-state index is 10.8. The van der Waals surface area contributed by atoms with Crippen molar-refractivity contribution in [3.05, 3.63) is 27.5 Å². The van der Waals surface area contributed by atoms with Gasteiger partial charge in [-0.25, -0.2) is 4.98 Å². The van der Waals surface area contributed by atoms with Crippen LogP contribution in [0.3, 0.4) is 0 Å². The van der Waals surface area contributed by atoms with E-state index in [1.807, 2.05) is 0 Å². The average Bonchev–Trinajstić information content (AvgIpc) is 2.28. The number of hydrogen-bond donors (Lipinski definition) is 2. The van der Waals surface area contributed by atoms with Crippen LogP contribution in [-0.2, 0) is 4.79 Å². The Hall–Kier alpha value is -0.140. The highest BCUT2D eigenvalue weighted by Gasteiger charge is 2.22. The lowest BCUT2D eigenvalue weighted by Gasteiger charge is -2.18. The number of nitrogens with zero attached hydrogens (tertiary/aromatic N) is 1. The number of rotatable bonds is 4. The SMILES string of the molecule is CC(=O)SCC(O)C(O)c1cc(Br)cnc1Cl. The third-order valence-electron chi connectivity index (χ3n) is 1.97. The third kappa shape index (κ3) is 4.56. The molecule has 7 heteroatoms. The minimum absolute atomic E-state index is 0.110. The summed E-state index contributed by atoms with van der Waals surface area (Å²) in [6, 6.07) is 1.58. The van der Waals surface area contributed by atoms with Crippen molar-refractivity contribution in [1.29, 1.82) is 0 Å². The summed E-state index contributed by atoms with van der Waals surface area (Å²) in [5, 5.41) is 19.6. The van der Waals surface area contributed by atoms with Crippen LogP contribution in [0.15, 0.2) is 16.7 Å². The first-order valence-electron chi connectivity index (χ1n) is 4.72. The lowest BCUT2D eigenvalue weighted by atomic mass is 10.1. The van der Waals surface area contributed by atoms with Crippen molar-refractivity contribution in [3.8, 4) is 0 Å². The summed E-state index contributed by atoms with van der Waals surface area (Å²) in [5.74, 6) is 0.110. The molecule has 0 radical (unpaired) electrons. The van der Waals surface area contributed by atoms with E-state index in [2.05, 4.69) is 20.9 Å². The summed E-state index contributed by atoms with van der Waals surface area (Å²) in [7, 11) is 0. The predicted molar refractivity (Wildman–Crippen MR) is 71.1 cm³/mol. The van der Waals surface area contributed by atoms with Crippen molar-refractivity contribution in [3.63, 3.8) is 0 Å². The van der Waals surface area contributed by atoms with E-state index in [1.165, 1.54) is 13.1 Å². The van der Waals surface area contributed by atoms with Gasteiger partial charge in [0.05, 0.1) is 6.10 Å². The molecule has 0 bridgehead atoms. The van der Waals surface area contributed by atoms with Crippen LogP contribution in [-0.4, -0.2) is 32.2 Å². The number of thioether (sulfide) groups is 1. The fourth-order valence-electron chi connectivity index (χ4n) is 1.15. The smallest absolute Gasteiger partial charge is 0.185 e. The highest BCUT2D eigenvalue weighted by molar-refractivity contribution is 9.10. The Kier molecular flexibility index (Phi) is 5.88. The van der Waals surface area contributed by atoms with Crippen LogP contribution in [0.5, 0.6) is 0 Å². The number of aromatic nitrogens is 1. The van der Waals surface area contributed by atoms with E-state index in [0.29, 0.717) is 10.0 Å². The zero-order chi connectivity index (χ0) is 13.0. The van der Waals surface area contributed by atoms with Gasteiger partial charge in [-0.05, 0) is 22.0 Å². The molecule has 0 amide bonds. The molecule has 94 valence electrons. The molecule has 4 nitrogen and oxygen atoms in total. The molecule has 0 saturated carbocycles. The third-order valence-corrected chi connectivity index (χ3v) is 3.64. The van der Waals surface area contributed by atoms with Crippen molar-refractivity contribution in [2.45, 2.75) is 19.1 Å². The van der Waals surface area contributed by atoms with Crippen LogP contribution < -0.4 is 0 Å². The number of hydrogen-bond acceptors (Lipinski definition) is 5. The van der Waals surface area contributed by atoms with Gasteiger partial charge in [-0.1, -0.05) is 23.4 Å². The molecule has 0 aliphatic carbocycles. The second-order valence-corrected chi connectivity index (χ2v) is 5.82. The number of aliphatic hydroxyl groups is 2. The Balaban J connectivity index is 2.77. The maximum Gasteiger partial charge on any atom is 0.185 e. The lowest BCUT2D eigenvalue weighted by Crippen LogP contribution is -2.22. The molecule has 1 heterocycles. The van der Waals surface area contributed by atoms with Crippen LogP contribution in [0.1, 0.15) is 18.6 Å². The molecule has 2 N–H and O–H groups in total. The van der Waals surface area contributed by atoms with Gasteiger partial charge in [0.1, 0.15) is 11.3 Å². The van der Waals surface area contributed by atoms with Gasteiger partial charge in [0, 0.05) is 28.9 Å². The zero-order valence-electron chi connectivity index (χ0n) is 8.93. The first-order chi connectivity index (χ1) is 7.91. The molecular weight excluding hydrogens is 330 g/mol. The number of pyridine rings is 1. The van der Waals surface area contributed by atoms with Crippen LogP contribution in [0.4, 0.5) is 0 Å². The Morgan fingerprint density at radius 1 is 1.65 bits per heavy atom. The highest BCUT2D eigenvalue weighted by atomic mass is 79.9. The number of halogens is 2. The molecule has 0 aromatic carbocycles. The lowest BCUT2D eigenvalue weighted by molar-refractivity contribution is -0.109. The molecule has 0 aliphatic heterocycles. The Bertz CT molecular complexity index is 419. The fourth-order valence-corrected chi connectivity index (χ4v) is 2.30. The summed E-state index contributed by atoms with van der Waals surface area (Å²) >= 11 is 9.97. The number of carbonyl (C=O) groups excluding carboxylic acids is 1. The molecule has 1 rings (SSSR count). The standard InChI is InChI=1S/C10H11BrClNO3S/c1-5(14)17-4-8(15)9(16)7-2-6(11)3-13-10(7)12/h2-3,8-9,15-16H,4H2,1H3. The summed E-state index contributed by atoms with van der Waals surface area (Å²) in [6.45, 7) is 1.40. The zero-order valence-corrected chi connectivity index (χ0v) is 12.1. The average molecular weight is 341 g/mol. The number of aliphatic hydroxyl groups excluding tert-OH is 2. The van der Waals surface area contributed by atoms with Crippen LogP contribution in [0.25, 0.3) is 0 Å². The second-order valence-electron chi connectivity index (χ2n) is 3.35. The van der Waals surface area contributed by atoms with E-state index >= 15 is 0 Å². The van der Waals surface area contributed by atoms with Gasteiger partial charge >= 0.3 is 0 Å². The molecule has 0 spiro atoms. The summed E-state index contributed by atoms with van der Waals surface area (Å²) in [5.41, 5.74) is 0.331. The minimum atomic E-state index is -1.17. The largest absolute Gasteiger partial charge is 0.389 e. The van der Waals surface area contributed by atoms with E-state index < -0.39 is 12.2 Å². The Morgan fingerprint density at radius 2 is 2.29 bits per heavy atom. The summed E-state index contributed by atoms with van der Waals surface area (Å²) in [4.78, 5) is 14.6. The van der Waals surface area contributed by atoms with Crippen LogP contribution >= 0.6 is 39.3 Å². The molecule has 0 saturated heterocycles. The van der Waals surface area contributed by atoms with Crippen molar-refractivity contribution < 1.29 is 15.0 Å². The molecule has 1 aromatic rings. The van der Waals surface area contributed by atoms with Gasteiger partial charge in [0.2, 0.25) is 0 Å². The van der Waals surface area contributed by atoms with Crippen molar-refractivity contribution in [2.75, 3.05) is 5.75 Å². The van der Waals surface area contributed by atoms with Gasteiger partial charge in [-0.3, -0.25) is 4.79 Å². The van der Waals surface area contributed by atoms with E-state index in [9.17, 15) is 15.0 Å². The quantitative estimate of drug-likeness (QED) is 0.822. The fraction of sp³-hybridized carbons (Fsp3) is 0.400. The van der Waals surface area contributed by atoms with Gasteiger partial charge in [-0.15, -0.1) is 0 Å². The van der Waals surface area contributed by atoms with Gasteiger partial charge in [0.25, 0.3) is 0 Å². The molecular formula is C10H11BrClNO3S. The maximum atomic E-state index is 10.8. The van der Waals surface area contributed by atoms with Crippen molar-refractivity contribution in [2.24, 2.45) is 0 Å². The monoisotopic (exact) mass is 339 g/mol. The molecule has 17 heavy (non-hydrogen) atoms. The van der Waals surface area contributed by atoms with E-state index in [4.69, 9.17) is 11.6 Å². The first kappa shape index (κ1) is 14.9. The predicted octanol–water partition coefficient (Wildman–Crippen LogP) is 2.17. The van der Waals surface area contributed by atoms with Crippen LogP contribution in [0.2, 0.25) is 5.15 Å². The highest BCUT2D eigenvalue weighted by Crippen LogP contribution is 2.27. The van der Waals surface area contributed by atoms with Crippen molar-refractivity contribution in [1.82, 2.24) is 4.98 Å². The van der Waals surface area contributed by atoms with Gasteiger partial charge in [-0.2, -0.15) is 0 Å². The van der Waals surface area contributed by atoms with Crippen molar-refractivity contribution >= 4 is 44.4 Å². The second kappa shape index (κ2) is 6.70. The van der Waals surface area contributed by atoms with E-state index in [-0.39, 0.29) is 16.0 Å². The Morgan fingerprint density at radius 3 is 2.88 bits per heavy atom. The molecule has 2 atom stereocenters. The van der Waals surface area contributed by atoms with E-state index in [0.717, 1.165) is 11.8 Å². The molecule has 0 fully saturated rings. The molecule has 1 aromatic heterocycles. The molecule has 2 unspecified atom stereocenters. The molecule has 0 aliphatic rings. The Labute approximate surface area is 117 Å². The van der Waals surface area contributed by atoms with Gasteiger partial charge < -0.3 is 10.2 Å². The number of carbonyl (C=O) groups is 1. The normalized spacial score (nSPS) is 14.4.